The topological polar surface area (TPSA) is 30.5 Å². The highest BCUT2D eigenvalue weighted by Crippen LogP contribution is 2.30. The van der Waals surface area contributed by atoms with Gasteiger partial charge in [-0.2, -0.15) is 0 Å². The number of nitrogens with one attached hydrogen (secondary N) is 1. The minimum absolute atomic E-state index is 0.170. The average Bonchev–Trinajstić information content (AvgIpc) is 2.76. The van der Waals surface area contributed by atoms with Gasteiger partial charge >= 0.3 is 0 Å². The SMILES string of the molecule is CC1(C)OCC(CNC2CCCc3ccccc32)O1. The van der Waals surface area contributed by atoms with Crippen LogP contribution in [0.5, 0.6) is 0 Å². The van der Waals surface area contributed by atoms with Crippen molar-refractivity contribution in [1.82, 2.24) is 5.32 Å². The minimum Gasteiger partial charge on any atom is -0.348 e. The van der Waals surface area contributed by atoms with Crippen molar-refractivity contribution in [2.75, 3.05) is 13.2 Å². The van der Waals surface area contributed by atoms with Gasteiger partial charge in [0.1, 0.15) is 0 Å². The summed E-state index contributed by atoms with van der Waals surface area (Å²) in [4.78, 5) is 0. The third-order valence-corrected chi connectivity index (χ3v) is 4.03. The fraction of sp³-hybridized carbons (Fsp3) is 0.625. The van der Waals surface area contributed by atoms with E-state index in [1.807, 2.05) is 13.8 Å². The third kappa shape index (κ3) is 2.99. The van der Waals surface area contributed by atoms with Gasteiger partial charge in [-0.3, -0.25) is 0 Å². The molecule has 1 saturated heterocycles. The Morgan fingerprint density at radius 3 is 2.95 bits per heavy atom. The van der Waals surface area contributed by atoms with Gasteiger partial charge in [0.2, 0.25) is 0 Å². The summed E-state index contributed by atoms with van der Waals surface area (Å²) in [6, 6.07) is 9.25. The second-order valence-electron chi connectivity index (χ2n) is 6.00. The van der Waals surface area contributed by atoms with Gasteiger partial charge in [-0.1, -0.05) is 24.3 Å². The molecule has 19 heavy (non-hydrogen) atoms. The van der Waals surface area contributed by atoms with E-state index in [1.54, 1.807) is 0 Å². The van der Waals surface area contributed by atoms with Crippen LogP contribution < -0.4 is 5.32 Å². The van der Waals surface area contributed by atoms with Crippen LogP contribution >= 0.6 is 0 Å². The second-order valence-corrected chi connectivity index (χ2v) is 6.00. The summed E-state index contributed by atoms with van der Waals surface area (Å²) in [6.07, 6.45) is 3.87. The molecule has 2 aliphatic rings. The maximum atomic E-state index is 5.84. The molecule has 3 heteroatoms. The molecular weight excluding hydrogens is 238 g/mol. The van der Waals surface area contributed by atoms with Crippen molar-refractivity contribution in [3.8, 4) is 0 Å². The van der Waals surface area contributed by atoms with Gasteiger partial charge in [0.25, 0.3) is 0 Å². The quantitative estimate of drug-likeness (QED) is 0.907. The van der Waals surface area contributed by atoms with Crippen molar-refractivity contribution in [2.45, 2.75) is 51.0 Å². The lowest BCUT2D eigenvalue weighted by Crippen LogP contribution is -2.34. The monoisotopic (exact) mass is 261 g/mol. The summed E-state index contributed by atoms with van der Waals surface area (Å²) in [5, 5.41) is 3.65. The van der Waals surface area contributed by atoms with Crippen LogP contribution in [-0.2, 0) is 15.9 Å². The molecule has 0 bridgehead atoms. The van der Waals surface area contributed by atoms with Crippen LogP contribution in [0.1, 0.15) is 43.9 Å². The van der Waals surface area contributed by atoms with Crippen molar-refractivity contribution in [2.24, 2.45) is 0 Å². The highest BCUT2D eigenvalue weighted by Gasteiger charge is 2.33. The lowest BCUT2D eigenvalue weighted by Gasteiger charge is -2.27. The number of ether oxygens (including phenoxy) is 2. The molecule has 1 heterocycles. The number of hydrogen-bond donors (Lipinski definition) is 1. The van der Waals surface area contributed by atoms with Crippen molar-refractivity contribution in [3.63, 3.8) is 0 Å². The minimum atomic E-state index is -0.420. The third-order valence-electron chi connectivity index (χ3n) is 4.03. The van der Waals surface area contributed by atoms with Crippen LogP contribution in [0.25, 0.3) is 0 Å². The van der Waals surface area contributed by atoms with Crippen molar-refractivity contribution in [1.29, 1.82) is 0 Å². The van der Waals surface area contributed by atoms with Crippen LogP contribution in [0.2, 0.25) is 0 Å². The van der Waals surface area contributed by atoms with Gasteiger partial charge in [-0.25, -0.2) is 0 Å². The van der Waals surface area contributed by atoms with Crippen LogP contribution in [0, 0.1) is 0 Å². The standard InChI is InChI=1S/C16H23NO2/c1-16(2)18-11-13(19-16)10-17-15-9-5-7-12-6-3-4-8-14(12)15/h3-4,6,8,13,15,17H,5,7,9-11H2,1-2H3. The maximum Gasteiger partial charge on any atom is 0.163 e. The molecule has 104 valence electrons. The molecule has 1 aromatic rings. The molecule has 0 aromatic heterocycles. The number of hydrogen-bond acceptors (Lipinski definition) is 3. The molecule has 2 atom stereocenters. The highest BCUT2D eigenvalue weighted by molar-refractivity contribution is 5.32. The van der Waals surface area contributed by atoms with E-state index >= 15 is 0 Å². The first-order chi connectivity index (χ1) is 9.14. The summed E-state index contributed by atoms with van der Waals surface area (Å²) in [7, 11) is 0. The summed E-state index contributed by atoms with van der Waals surface area (Å²) >= 11 is 0. The van der Waals surface area contributed by atoms with Gasteiger partial charge in [0.15, 0.2) is 5.79 Å². The predicted octanol–water partition coefficient (Wildman–Crippen LogP) is 2.81. The maximum absolute atomic E-state index is 5.84. The first-order valence-corrected chi connectivity index (χ1v) is 7.27. The zero-order valence-corrected chi connectivity index (χ0v) is 11.8. The van der Waals surface area contributed by atoms with E-state index in [-0.39, 0.29) is 6.10 Å². The fourth-order valence-corrected chi connectivity index (χ4v) is 3.10. The Kier molecular flexibility index (Phi) is 3.61. The number of aryl methyl sites for hydroxylation is 1. The lowest BCUT2D eigenvalue weighted by molar-refractivity contribution is -0.137. The largest absolute Gasteiger partial charge is 0.348 e. The van der Waals surface area contributed by atoms with E-state index in [1.165, 1.54) is 30.4 Å². The first kappa shape index (κ1) is 13.1. The number of benzene rings is 1. The molecule has 0 saturated carbocycles. The van der Waals surface area contributed by atoms with E-state index < -0.39 is 5.79 Å². The van der Waals surface area contributed by atoms with E-state index in [2.05, 4.69) is 29.6 Å². The Bertz CT molecular complexity index is 444. The Morgan fingerprint density at radius 2 is 2.16 bits per heavy atom. The first-order valence-electron chi connectivity index (χ1n) is 7.27. The molecule has 1 aliphatic heterocycles. The summed E-state index contributed by atoms with van der Waals surface area (Å²) in [6.45, 7) is 5.50. The number of rotatable bonds is 3. The lowest BCUT2D eigenvalue weighted by atomic mass is 9.88. The van der Waals surface area contributed by atoms with E-state index in [0.717, 1.165) is 6.54 Å². The molecule has 1 N–H and O–H groups in total. The van der Waals surface area contributed by atoms with E-state index in [0.29, 0.717) is 12.6 Å². The van der Waals surface area contributed by atoms with E-state index in [9.17, 15) is 0 Å². The van der Waals surface area contributed by atoms with Gasteiger partial charge in [-0.05, 0) is 44.2 Å². The molecule has 0 amide bonds. The Balaban J connectivity index is 1.60. The summed E-state index contributed by atoms with van der Waals surface area (Å²) in [5.74, 6) is -0.420. The molecule has 1 fully saturated rings. The van der Waals surface area contributed by atoms with Crippen LogP contribution in [0.15, 0.2) is 24.3 Å². The van der Waals surface area contributed by atoms with Gasteiger partial charge in [0.05, 0.1) is 12.7 Å². The van der Waals surface area contributed by atoms with Crippen LogP contribution in [0.3, 0.4) is 0 Å². The smallest absolute Gasteiger partial charge is 0.163 e. The average molecular weight is 261 g/mol. The van der Waals surface area contributed by atoms with Gasteiger partial charge < -0.3 is 14.8 Å². The van der Waals surface area contributed by atoms with Crippen LogP contribution in [-0.4, -0.2) is 25.0 Å². The van der Waals surface area contributed by atoms with E-state index in [4.69, 9.17) is 9.47 Å². The zero-order valence-electron chi connectivity index (χ0n) is 11.8. The van der Waals surface area contributed by atoms with Crippen molar-refractivity contribution >= 4 is 0 Å². The highest BCUT2D eigenvalue weighted by atomic mass is 16.7. The molecule has 3 rings (SSSR count). The second kappa shape index (κ2) is 5.23. The van der Waals surface area contributed by atoms with Crippen molar-refractivity contribution < 1.29 is 9.47 Å². The molecule has 1 aromatic carbocycles. The zero-order chi connectivity index (χ0) is 13.3. The molecular formula is C16H23NO2. The number of fused-ring (bicyclic) bond motifs is 1. The van der Waals surface area contributed by atoms with Crippen molar-refractivity contribution in [3.05, 3.63) is 35.4 Å². The van der Waals surface area contributed by atoms with Gasteiger partial charge in [0, 0.05) is 12.6 Å². The van der Waals surface area contributed by atoms with Crippen LogP contribution in [0.4, 0.5) is 0 Å². The molecule has 2 unspecified atom stereocenters. The Morgan fingerprint density at radius 1 is 1.32 bits per heavy atom. The molecule has 1 aliphatic carbocycles. The molecule has 0 radical (unpaired) electrons. The summed E-state index contributed by atoms with van der Waals surface area (Å²) < 4.78 is 11.4. The Labute approximate surface area is 115 Å². The Hall–Kier alpha value is -0.900. The molecule has 0 spiro atoms. The predicted molar refractivity (Wildman–Crippen MR) is 75.0 cm³/mol. The summed E-state index contributed by atoms with van der Waals surface area (Å²) in [5.41, 5.74) is 2.96. The fourth-order valence-electron chi connectivity index (χ4n) is 3.10. The van der Waals surface area contributed by atoms with Gasteiger partial charge in [-0.15, -0.1) is 0 Å². The normalized spacial score (nSPS) is 29.2. The molecule has 3 nitrogen and oxygen atoms in total.